The molecule has 0 saturated heterocycles. The summed E-state index contributed by atoms with van der Waals surface area (Å²) in [7, 11) is 2.87. The molecule has 4 aliphatic heterocycles. The first-order valence-electron chi connectivity index (χ1n) is 24.5. The normalized spacial score (nSPS) is 18.9. The van der Waals surface area contributed by atoms with Gasteiger partial charge >= 0.3 is 11.9 Å². The number of benzene rings is 4. The minimum Gasteiger partial charge on any atom is -0.465 e. The molecule has 10 nitrogen and oxygen atoms in total. The van der Waals surface area contributed by atoms with E-state index in [0.717, 1.165) is 71.6 Å². The van der Waals surface area contributed by atoms with E-state index in [9.17, 15) is 19.2 Å². The lowest BCUT2D eigenvalue weighted by Crippen LogP contribution is -2.37. The number of esters is 2. The van der Waals surface area contributed by atoms with Crippen molar-refractivity contribution in [1.29, 1.82) is 0 Å². The van der Waals surface area contributed by atoms with Gasteiger partial charge in [-0.15, -0.1) is 0 Å². The number of carbonyl (C=O) groups excluding carboxylic acids is 4. The summed E-state index contributed by atoms with van der Waals surface area (Å²) in [6.07, 6.45) is 14.7. The Labute approximate surface area is 386 Å². The largest absolute Gasteiger partial charge is 0.465 e. The van der Waals surface area contributed by atoms with E-state index in [0.29, 0.717) is 35.9 Å². The van der Waals surface area contributed by atoms with Gasteiger partial charge in [0.1, 0.15) is 0 Å². The predicted molar refractivity (Wildman–Crippen MR) is 260 cm³/mol. The molecular formula is C56H60N4O6. The topological polar surface area (TPSA) is 103 Å². The number of nitrogens with zero attached hydrogens (tertiary/aromatic N) is 4. The second-order valence-corrected chi connectivity index (χ2v) is 20.0. The highest BCUT2D eigenvalue weighted by molar-refractivity contribution is 6.12. The minimum atomic E-state index is -0.518. The molecule has 0 bridgehead atoms. The van der Waals surface area contributed by atoms with Crippen molar-refractivity contribution < 1.29 is 28.7 Å². The maximum atomic E-state index is 13.5. The van der Waals surface area contributed by atoms with Crippen LogP contribution in [-0.4, -0.2) is 60.2 Å². The van der Waals surface area contributed by atoms with E-state index in [4.69, 9.17) is 9.47 Å². The summed E-state index contributed by atoms with van der Waals surface area (Å²) in [4.78, 5) is 55.0. The Morgan fingerprint density at radius 3 is 1.61 bits per heavy atom. The number of para-hydroxylation sites is 2. The van der Waals surface area contributed by atoms with Crippen molar-refractivity contribution in [1.82, 2.24) is 9.13 Å². The Balaban J connectivity index is 0.000000146. The average molecular weight is 885 g/mol. The Bertz CT molecular complexity index is 2980. The zero-order chi connectivity index (χ0) is 45.4. The number of carbonyl (C=O) groups is 4. The predicted octanol–water partition coefficient (Wildman–Crippen LogP) is 11.6. The van der Waals surface area contributed by atoms with Crippen molar-refractivity contribution in [3.63, 3.8) is 0 Å². The fraction of sp³-hybridized carbons (Fsp3) is 0.429. The average Bonchev–Trinajstić information content (AvgIpc) is 4.01. The summed E-state index contributed by atoms with van der Waals surface area (Å²) >= 11 is 0. The van der Waals surface area contributed by atoms with Crippen LogP contribution in [0.4, 0.5) is 11.4 Å². The number of aryl methyl sites for hydroxylation is 2. The highest BCUT2D eigenvalue weighted by Gasteiger charge is 2.46. The van der Waals surface area contributed by atoms with E-state index in [2.05, 4.69) is 71.5 Å². The number of rotatable bonds is 4. The zero-order valence-corrected chi connectivity index (χ0v) is 38.8. The quantitative estimate of drug-likeness (QED) is 0.163. The van der Waals surface area contributed by atoms with Gasteiger partial charge in [-0.1, -0.05) is 87.1 Å². The molecular weight excluding hydrogens is 825 g/mol. The first-order valence-corrected chi connectivity index (χ1v) is 24.5. The van der Waals surface area contributed by atoms with Crippen LogP contribution >= 0.6 is 0 Å². The minimum absolute atomic E-state index is 0.201. The Morgan fingerprint density at radius 2 is 1.08 bits per heavy atom. The lowest BCUT2D eigenvalue weighted by molar-refractivity contribution is -0.122. The molecule has 4 aromatic carbocycles. The first kappa shape index (κ1) is 42.5. The van der Waals surface area contributed by atoms with E-state index in [1.54, 1.807) is 0 Å². The molecule has 6 aromatic rings. The summed E-state index contributed by atoms with van der Waals surface area (Å²) in [6, 6.07) is 24.9. The number of fused-ring (bicyclic) bond motifs is 8. The van der Waals surface area contributed by atoms with Crippen LogP contribution in [0.5, 0.6) is 0 Å². The van der Waals surface area contributed by atoms with Crippen LogP contribution in [-0.2, 0) is 44.0 Å². The van der Waals surface area contributed by atoms with E-state index >= 15 is 0 Å². The second kappa shape index (κ2) is 16.6. The molecule has 10 heteroatoms. The van der Waals surface area contributed by atoms with Crippen molar-refractivity contribution >= 4 is 56.9 Å². The Kier molecular flexibility index (Phi) is 10.7. The number of ether oxygens (including phenoxy) is 2. The number of anilines is 2. The lowest BCUT2D eigenvalue weighted by atomic mass is 9.80. The van der Waals surface area contributed by atoms with E-state index in [1.165, 1.54) is 117 Å². The molecule has 6 heterocycles. The van der Waals surface area contributed by atoms with Gasteiger partial charge in [0.05, 0.1) is 59.9 Å². The van der Waals surface area contributed by atoms with Crippen molar-refractivity contribution in [3.8, 4) is 22.5 Å². The fourth-order valence-corrected chi connectivity index (χ4v) is 12.8. The maximum Gasteiger partial charge on any atom is 0.337 e. The number of amides is 2. The number of hydrogen-bond donors (Lipinski definition) is 0. The first-order chi connectivity index (χ1) is 32.1. The lowest BCUT2D eigenvalue weighted by Gasteiger charge is -2.28. The zero-order valence-electron chi connectivity index (χ0n) is 38.8. The van der Waals surface area contributed by atoms with Crippen LogP contribution < -0.4 is 9.80 Å². The van der Waals surface area contributed by atoms with Crippen LogP contribution in [0.1, 0.15) is 146 Å². The van der Waals surface area contributed by atoms with Crippen LogP contribution in [0, 0.1) is 0 Å². The van der Waals surface area contributed by atoms with Gasteiger partial charge in [-0.3, -0.25) is 9.59 Å². The van der Waals surface area contributed by atoms with Gasteiger partial charge in [0.2, 0.25) is 11.8 Å². The Morgan fingerprint density at radius 1 is 0.576 bits per heavy atom. The summed E-state index contributed by atoms with van der Waals surface area (Å²) < 4.78 is 14.9. The van der Waals surface area contributed by atoms with Crippen molar-refractivity contribution in [2.24, 2.45) is 0 Å². The molecule has 0 radical (unpaired) electrons. The van der Waals surface area contributed by atoms with Gasteiger partial charge < -0.3 is 28.4 Å². The molecule has 0 unspecified atom stereocenters. The number of hydrogen-bond acceptors (Lipinski definition) is 6. The summed E-state index contributed by atoms with van der Waals surface area (Å²) in [5, 5.41) is 2.49. The fourth-order valence-electron chi connectivity index (χ4n) is 12.8. The van der Waals surface area contributed by atoms with Crippen molar-refractivity contribution in [2.75, 3.05) is 37.1 Å². The molecule has 2 saturated carbocycles. The molecule has 2 aromatic heterocycles. The molecule has 12 rings (SSSR count). The SMILES string of the molecule is COC(=O)c1ccc2c(C3CCCCC3)c3n(c2c1)CCCN1C(=O)C(C)(C)c2cccc-3c21.COC(=O)c1ccc2c(C3CCCCC3)c3n(c2c1)CCCN1C(=O)Cc2cccc-3c21. The molecule has 0 N–H and O–H groups in total. The third-order valence-electron chi connectivity index (χ3n) is 15.9. The molecule has 2 aliphatic carbocycles. The highest BCUT2D eigenvalue weighted by Crippen LogP contribution is 2.53. The maximum absolute atomic E-state index is 13.5. The smallest absolute Gasteiger partial charge is 0.337 e. The van der Waals surface area contributed by atoms with Crippen molar-refractivity contribution in [3.05, 3.63) is 106 Å². The van der Waals surface area contributed by atoms with Gasteiger partial charge in [-0.2, -0.15) is 0 Å². The molecule has 2 amide bonds. The van der Waals surface area contributed by atoms with Crippen LogP contribution in [0.25, 0.3) is 44.3 Å². The van der Waals surface area contributed by atoms with Gasteiger partial charge in [0.25, 0.3) is 0 Å². The van der Waals surface area contributed by atoms with Gasteiger partial charge in [-0.25, -0.2) is 9.59 Å². The van der Waals surface area contributed by atoms with Gasteiger partial charge in [0, 0.05) is 59.1 Å². The van der Waals surface area contributed by atoms with E-state index in [1.807, 2.05) is 34.1 Å². The molecule has 6 aliphatic rings. The molecule has 0 atom stereocenters. The number of methoxy groups -OCH3 is 2. The van der Waals surface area contributed by atoms with Crippen LogP contribution in [0.15, 0.2) is 72.8 Å². The second-order valence-electron chi connectivity index (χ2n) is 20.0. The number of aromatic nitrogens is 2. The van der Waals surface area contributed by atoms with Gasteiger partial charge in [0.15, 0.2) is 0 Å². The Hall–Kier alpha value is -6.16. The summed E-state index contributed by atoms with van der Waals surface area (Å²) in [5.74, 6) is 0.806. The molecule has 0 spiro atoms. The third kappa shape index (κ3) is 6.63. The van der Waals surface area contributed by atoms with E-state index < -0.39 is 5.41 Å². The van der Waals surface area contributed by atoms with Crippen molar-refractivity contribution in [2.45, 2.75) is 128 Å². The highest BCUT2D eigenvalue weighted by atomic mass is 16.5. The third-order valence-corrected chi connectivity index (χ3v) is 15.9. The summed E-state index contributed by atoms with van der Waals surface area (Å²) in [5.41, 5.74) is 15.0. The van der Waals surface area contributed by atoms with Crippen LogP contribution in [0.3, 0.4) is 0 Å². The molecule has 340 valence electrons. The van der Waals surface area contributed by atoms with Crippen LogP contribution in [0.2, 0.25) is 0 Å². The van der Waals surface area contributed by atoms with Gasteiger partial charge in [-0.05, 0) is 111 Å². The standard InChI is InChI=1S/C29H32N2O3.C27H28N2O3/c1-29(2)22-12-7-11-21-25(22)31(28(29)33)16-8-15-30-23-17-19(27(32)34-3)13-14-20(23)24(26(21)30)18-9-5-4-6-10-18;1-32-27(31)19-11-12-20-22(15-19)28-13-6-14-29-23(30)16-18-9-5-10-21(25(18)29)26(28)24(20)17-7-3-2-4-8-17/h7,11-14,17-18H,4-6,8-10,15-16H2,1-3H3;5,9-12,15,17H,2-4,6-8,13-14,16H2,1H3. The molecule has 2 fully saturated rings. The monoisotopic (exact) mass is 884 g/mol. The summed E-state index contributed by atoms with van der Waals surface area (Å²) in [6.45, 7) is 7.19. The van der Waals surface area contributed by atoms with E-state index in [-0.39, 0.29) is 23.8 Å². The molecule has 66 heavy (non-hydrogen) atoms.